The zero-order chi connectivity index (χ0) is 24.8. The molecule has 4 N–H and O–H groups in total. The minimum Gasteiger partial charge on any atom is -0.490 e. The SMILES string of the molecule is CC(CCN)COc1c(Cl)cc(C(C)(C)c2cc(Cl)c(OCC(C)CCN)c(Cl)c2)cc1Cl. The molecule has 33 heavy (non-hydrogen) atoms. The van der Waals surface area contributed by atoms with Gasteiger partial charge in [-0.1, -0.05) is 74.1 Å². The fourth-order valence-electron chi connectivity index (χ4n) is 3.47. The molecule has 0 heterocycles. The van der Waals surface area contributed by atoms with Crippen LogP contribution in [0.25, 0.3) is 0 Å². The number of hydrogen-bond donors (Lipinski definition) is 2. The quantitative estimate of drug-likeness (QED) is 0.298. The Morgan fingerprint density at radius 2 is 1.00 bits per heavy atom. The summed E-state index contributed by atoms with van der Waals surface area (Å²) in [5, 5.41) is 1.82. The lowest BCUT2D eigenvalue weighted by molar-refractivity contribution is 0.254. The second kappa shape index (κ2) is 12.7. The number of ether oxygens (including phenoxy) is 2. The van der Waals surface area contributed by atoms with Gasteiger partial charge in [0.1, 0.15) is 0 Å². The van der Waals surface area contributed by atoms with Crippen LogP contribution in [0.2, 0.25) is 20.1 Å². The summed E-state index contributed by atoms with van der Waals surface area (Å²) in [6.45, 7) is 10.5. The molecule has 0 spiro atoms. The summed E-state index contributed by atoms with van der Waals surface area (Å²) < 4.78 is 11.8. The summed E-state index contributed by atoms with van der Waals surface area (Å²) in [6, 6.07) is 7.49. The van der Waals surface area contributed by atoms with Gasteiger partial charge in [-0.3, -0.25) is 0 Å². The molecule has 0 aliphatic rings. The van der Waals surface area contributed by atoms with Crippen molar-refractivity contribution in [3.8, 4) is 11.5 Å². The molecule has 2 atom stereocenters. The molecule has 0 bridgehead atoms. The van der Waals surface area contributed by atoms with Gasteiger partial charge in [0.25, 0.3) is 0 Å². The van der Waals surface area contributed by atoms with Crippen LogP contribution in [-0.4, -0.2) is 26.3 Å². The number of hydrogen-bond acceptors (Lipinski definition) is 4. The van der Waals surface area contributed by atoms with Crippen molar-refractivity contribution in [2.75, 3.05) is 26.3 Å². The molecule has 0 amide bonds. The molecule has 0 saturated heterocycles. The second-order valence-corrected chi connectivity index (χ2v) is 10.8. The van der Waals surface area contributed by atoms with Crippen molar-refractivity contribution in [3.05, 3.63) is 55.5 Å². The normalized spacial score (nSPS) is 13.6. The lowest BCUT2D eigenvalue weighted by Gasteiger charge is -2.28. The Bertz CT molecular complexity index is 817. The molecular formula is C25H34Cl4N2O2. The van der Waals surface area contributed by atoms with Crippen LogP contribution in [-0.2, 0) is 5.41 Å². The Balaban J connectivity index is 2.28. The van der Waals surface area contributed by atoms with Gasteiger partial charge in [0.2, 0.25) is 0 Å². The molecule has 2 aromatic rings. The lowest BCUT2D eigenvalue weighted by atomic mass is 9.78. The molecule has 184 valence electrons. The molecule has 2 unspecified atom stereocenters. The van der Waals surface area contributed by atoms with Gasteiger partial charge >= 0.3 is 0 Å². The van der Waals surface area contributed by atoms with E-state index >= 15 is 0 Å². The highest BCUT2D eigenvalue weighted by molar-refractivity contribution is 6.38. The Kier molecular flexibility index (Phi) is 10.9. The van der Waals surface area contributed by atoms with Gasteiger partial charge in [-0.05, 0) is 73.2 Å². The van der Waals surface area contributed by atoms with Crippen LogP contribution in [0.1, 0.15) is 51.7 Å². The van der Waals surface area contributed by atoms with Gasteiger partial charge in [-0.25, -0.2) is 0 Å². The first-order chi connectivity index (χ1) is 15.5. The topological polar surface area (TPSA) is 70.5 Å². The lowest BCUT2D eigenvalue weighted by Crippen LogP contribution is -2.20. The van der Waals surface area contributed by atoms with Crippen LogP contribution in [0.5, 0.6) is 11.5 Å². The molecule has 0 saturated carbocycles. The average Bonchev–Trinajstić information content (AvgIpc) is 2.72. The first-order valence-corrected chi connectivity index (χ1v) is 12.7. The largest absolute Gasteiger partial charge is 0.490 e. The predicted molar refractivity (Wildman–Crippen MR) is 142 cm³/mol. The molecule has 0 aliphatic heterocycles. The van der Waals surface area contributed by atoms with Gasteiger partial charge < -0.3 is 20.9 Å². The summed E-state index contributed by atoms with van der Waals surface area (Å²) in [4.78, 5) is 0. The van der Waals surface area contributed by atoms with Gasteiger partial charge in [0.15, 0.2) is 11.5 Å². The zero-order valence-corrected chi connectivity index (χ0v) is 22.7. The van der Waals surface area contributed by atoms with E-state index in [9.17, 15) is 0 Å². The minimum absolute atomic E-state index is 0.307. The van der Waals surface area contributed by atoms with Crippen LogP contribution < -0.4 is 20.9 Å². The number of benzene rings is 2. The highest BCUT2D eigenvalue weighted by atomic mass is 35.5. The smallest absolute Gasteiger partial charge is 0.156 e. The molecule has 0 aromatic heterocycles. The van der Waals surface area contributed by atoms with Crippen LogP contribution >= 0.6 is 46.4 Å². The maximum atomic E-state index is 6.56. The van der Waals surface area contributed by atoms with E-state index in [0.717, 1.165) is 24.0 Å². The van der Waals surface area contributed by atoms with Crippen LogP contribution in [0.3, 0.4) is 0 Å². The van der Waals surface area contributed by atoms with E-state index in [1.54, 1.807) is 0 Å². The Morgan fingerprint density at radius 3 is 1.27 bits per heavy atom. The Labute approximate surface area is 217 Å². The summed E-state index contributed by atoms with van der Waals surface area (Å²) in [5.41, 5.74) is 12.6. The summed E-state index contributed by atoms with van der Waals surface area (Å²) in [6.07, 6.45) is 1.74. The molecular weight excluding hydrogens is 502 g/mol. The van der Waals surface area contributed by atoms with Crippen molar-refractivity contribution < 1.29 is 9.47 Å². The molecule has 2 rings (SSSR count). The van der Waals surface area contributed by atoms with Crippen LogP contribution in [0.4, 0.5) is 0 Å². The summed E-state index contributed by atoms with van der Waals surface area (Å²) >= 11 is 26.2. The van der Waals surface area contributed by atoms with E-state index in [1.165, 1.54) is 0 Å². The fraction of sp³-hybridized carbons (Fsp3) is 0.520. The van der Waals surface area contributed by atoms with Crippen molar-refractivity contribution in [1.29, 1.82) is 0 Å². The molecule has 8 heteroatoms. The fourth-order valence-corrected chi connectivity index (χ4v) is 4.66. The number of nitrogens with two attached hydrogens (primary N) is 2. The number of halogens is 4. The van der Waals surface area contributed by atoms with Gasteiger partial charge in [-0.15, -0.1) is 0 Å². The van der Waals surface area contributed by atoms with Crippen molar-refractivity contribution in [2.45, 2.75) is 46.0 Å². The Morgan fingerprint density at radius 1 is 0.697 bits per heavy atom. The summed E-state index contributed by atoms with van der Waals surface area (Å²) in [7, 11) is 0. The third-order valence-electron chi connectivity index (χ3n) is 5.78. The monoisotopic (exact) mass is 534 g/mol. The zero-order valence-electron chi connectivity index (χ0n) is 19.7. The maximum absolute atomic E-state index is 6.56. The van der Waals surface area contributed by atoms with Gasteiger partial charge in [0, 0.05) is 5.41 Å². The van der Waals surface area contributed by atoms with E-state index in [1.807, 2.05) is 24.3 Å². The highest BCUT2D eigenvalue weighted by Gasteiger charge is 2.28. The van der Waals surface area contributed by atoms with E-state index in [-0.39, 0.29) is 0 Å². The van der Waals surface area contributed by atoms with E-state index in [2.05, 4.69) is 27.7 Å². The van der Waals surface area contributed by atoms with Crippen molar-refractivity contribution >= 4 is 46.4 Å². The predicted octanol–water partition coefficient (Wildman–Crippen LogP) is 7.35. The van der Waals surface area contributed by atoms with Crippen molar-refractivity contribution in [1.82, 2.24) is 0 Å². The molecule has 4 nitrogen and oxygen atoms in total. The first-order valence-electron chi connectivity index (χ1n) is 11.2. The van der Waals surface area contributed by atoms with Gasteiger partial charge in [0.05, 0.1) is 33.3 Å². The average molecular weight is 536 g/mol. The second-order valence-electron chi connectivity index (χ2n) is 9.15. The maximum Gasteiger partial charge on any atom is 0.156 e. The van der Waals surface area contributed by atoms with Crippen LogP contribution in [0, 0.1) is 11.8 Å². The summed E-state index contributed by atoms with van der Waals surface area (Å²) in [5.74, 6) is 1.57. The molecule has 0 aliphatic carbocycles. The van der Waals surface area contributed by atoms with E-state index < -0.39 is 5.41 Å². The molecule has 0 fully saturated rings. The molecule has 0 radical (unpaired) electrons. The standard InChI is InChI=1S/C25H34Cl4N2O2/c1-15(5-7-30)13-32-23-19(26)9-17(10-20(23)27)25(3,4)18-11-21(28)24(22(29)12-18)33-14-16(2)6-8-31/h9-12,15-16H,5-8,13-14,30-31H2,1-4H3. The number of rotatable bonds is 12. The van der Waals surface area contributed by atoms with E-state index in [4.69, 9.17) is 67.3 Å². The third kappa shape index (κ3) is 7.55. The Hall–Kier alpha value is -0.880. The van der Waals surface area contributed by atoms with Crippen molar-refractivity contribution in [2.24, 2.45) is 23.3 Å². The third-order valence-corrected chi connectivity index (χ3v) is 6.91. The van der Waals surface area contributed by atoms with E-state index in [0.29, 0.717) is 69.7 Å². The van der Waals surface area contributed by atoms with Gasteiger partial charge in [-0.2, -0.15) is 0 Å². The minimum atomic E-state index is -0.475. The first kappa shape index (κ1) is 28.4. The highest BCUT2D eigenvalue weighted by Crippen LogP contribution is 2.44. The van der Waals surface area contributed by atoms with Crippen LogP contribution in [0.15, 0.2) is 24.3 Å². The molecule has 2 aromatic carbocycles. The van der Waals surface area contributed by atoms with Crippen molar-refractivity contribution in [3.63, 3.8) is 0 Å².